The Morgan fingerprint density at radius 3 is 2.09 bits per heavy atom. The van der Waals surface area contributed by atoms with E-state index >= 15 is 0 Å². The molecule has 1 N–H and O–H groups in total. The van der Waals surface area contributed by atoms with Crippen molar-refractivity contribution in [2.24, 2.45) is 0 Å². The summed E-state index contributed by atoms with van der Waals surface area (Å²) in [5.41, 5.74) is 0. The molecule has 0 aromatic carbocycles. The second-order valence-corrected chi connectivity index (χ2v) is 2.80. The summed E-state index contributed by atoms with van der Waals surface area (Å²) in [5.74, 6) is 1.60. The molecule has 3 heteroatoms. The molecule has 0 saturated carbocycles. The van der Waals surface area contributed by atoms with Crippen LogP contribution in [0.3, 0.4) is 0 Å². The summed E-state index contributed by atoms with van der Waals surface area (Å²) in [6.45, 7) is 3.91. The molecule has 0 radical (unpaired) electrons. The lowest BCUT2D eigenvalue weighted by Gasteiger charge is -1.87. The van der Waals surface area contributed by atoms with E-state index in [1.807, 2.05) is 13.8 Å². The Balaban J connectivity index is 3.12. The molecule has 0 atom stereocenters. The Bertz CT molecular complexity index is 228. The summed E-state index contributed by atoms with van der Waals surface area (Å²) in [5, 5.41) is 9.38. The van der Waals surface area contributed by atoms with Gasteiger partial charge in [0.1, 0.15) is 11.5 Å². The molecule has 0 amide bonds. The Labute approximate surface area is 71.6 Å². The van der Waals surface area contributed by atoms with Crippen molar-refractivity contribution in [3.63, 3.8) is 0 Å². The smallest absolute Gasteiger partial charge is 0.171 e. The largest absolute Gasteiger partial charge is 0.504 e. The van der Waals surface area contributed by atoms with E-state index in [1.165, 1.54) is 0 Å². The van der Waals surface area contributed by atoms with Crippen LogP contribution in [0, 0.1) is 0 Å². The Hall–Kier alpha value is -0.570. The van der Waals surface area contributed by atoms with Crippen LogP contribution in [-0.2, 0) is 12.8 Å². The van der Waals surface area contributed by atoms with Gasteiger partial charge in [-0.2, -0.15) is 0 Å². The standard InChI is InChI=1S/C8H12O2S/c1-3-5-7(9)8(11)6(4-2)10-5/h9,11H,3-4H2,1-2H3. The Morgan fingerprint density at radius 1 is 1.27 bits per heavy atom. The summed E-state index contributed by atoms with van der Waals surface area (Å²) in [6.07, 6.45) is 1.48. The molecular formula is C8H12O2S. The molecule has 1 heterocycles. The van der Waals surface area contributed by atoms with Gasteiger partial charge in [-0.25, -0.2) is 0 Å². The van der Waals surface area contributed by atoms with Gasteiger partial charge in [-0.15, -0.1) is 12.6 Å². The molecule has 0 unspecified atom stereocenters. The minimum Gasteiger partial charge on any atom is -0.504 e. The topological polar surface area (TPSA) is 33.4 Å². The Morgan fingerprint density at radius 2 is 1.82 bits per heavy atom. The molecule has 0 aliphatic heterocycles. The Kier molecular flexibility index (Phi) is 2.49. The van der Waals surface area contributed by atoms with E-state index in [4.69, 9.17) is 4.42 Å². The zero-order valence-corrected chi connectivity index (χ0v) is 7.61. The van der Waals surface area contributed by atoms with E-state index in [0.29, 0.717) is 17.1 Å². The van der Waals surface area contributed by atoms with E-state index in [0.717, 1.165) is 12.2 Å². The quantitative estimate of drug-likeness (QED) is 0.671. The maximum atomic E-state index is 9.38. The van der Waals surface area contributed by atoms with Crippen LogP contribution in [0.1, 0.15) is 25.4 Å². The normalized spacial score (nSPS) is 10.5. The molecule has 1 rings (SSSR count). The summed E-state index contributed by atoms with van der Waals surface area (Å²) in [7, 11) is 0. The SMILES string of the molecule is CCc1oc(CC)c(S)c1O. The average Bonchev–Trinajstić information content (AvgIpc) is 2.30. The highest BCUT2D eigenvalue weighted by molar-refractivity contribution is 7.80. The number of thiol groups is 1. The van der Waals surface area contributed by atoms with E-state index in [-0.39, 0.29) is 5.75 Å². The van der Waals surface area contributed by atoms with Gasteiger partial charge in [0.2, 0.25) is 0 Å². The second kappa shape index (κ2) is 3.22. The van der Waals surface area contributed by atoms with Crippen LogP contribution in [0.25, 0.3) is 0 Å². The van der Waals surface area contributed by atoms with Crippen molar-refractivity contribution in [2.45, 2.75) is 31.6 Å². The lowest BCUT2D eigenvalue weighted by atomic mass is 10.3. The molecule has 11 heavy (non-hydrogen) atoms. The summed E-state index contributed by atoms with van der Waals surface area (Å²) >= 11 is 4.12. The molecule has 0 aliphatic rings. The monoisotopic (exact) mass is 172 g/mol. The number of hydrogen-bond acceptors (Lipinski definition) is 3. The minimum absolute atomic E-state index is 0.202. The molecular weight excluding hydrogens is 160 g/mol. The lowest BCUT2D eigenvalue weighted by molar-refractivity contribution is 0.423. The minimum atomic E-state index is 0.202. The molecule has 1 aromatic heterocycles. The molecule has 0 spiro atoms. The lowest BCUT2D eigenvalue weighted by Crippen LogP contribution is -1.73. The van der Waals surface area contributed by atoms with Gasteiger partial charge in [0.05, 0.1) is 4.90 Å². The van der Waals surface area contributed by atoms with Crippen molar-refractivity contribution in [1.29, 1.82) is 0 Å². The van der Waals surface area contributed by atoms with E-state index < -0.39 is 0 Å². The van der Waals surface area contributed by atoms with Crippen LogP contribution < -0.4 is 0 Å². The number of furan rings is 1. The van der Waals surface area contributed by atoms with E-state index in [2.05, 4.69) is 12.6 Å². The number of aryl methyl sites for hydroxylation is 2. The number of rotatable bonds is 2. The maximum absolute atomic E-state index is 9.38. The molecule has 0 fully saturated rings. The third kappa shape index (κ3) is 1.38. The van der Waals surface area contributed by atoms with Crippen LogP contribution in [0.2, 0.25) is 0 Å². The zero-order chi connectivity index (χ0) is 8.43. The van der Waals surface area contributed by atoms with Gasteiger partial charge in [0.15, 0.2) is 5.75 Å². The molecule has 0 bridgehead atoms. The third-order valence-corrected chi connectivity index (χ3v) is 2.10. The van der Waals surface area contributed by atoms with Gasteiger partial charge >= 0.3 is 0 Å². The van der Waals surface area contributed by atoms with Crippen molar-refractivity contribution in [1.82, 2.24) is 0 Å². The summed E-state index contributed by atoms with van der Waals surface area (Å²) in [4.78, 5) is 0.587. The fraction of sp³-hybridized carbons (Fsp3) is 0.500. The van der Waals surface area contributed by atoms with Gasteiger partial charge < -0.3 is 9.52 Å². The molecule has 0 saturated heterocycles. The van der Waals surface area contributed by atoms with Crippen LogP contribution in [0.5, 0.6) is 5.75 Å². The highest BCUT2D eigenvalue weighted by Crippen LogP contribution is 2.32. The van der Waals surface area contributed by atoms with Gasteiger partial charge in [-0.1, -0.05) is 13.8 Å². The van der Waals surface area contributed by atoms with Crippen LogP contribution in [-0.4, -0.2) is 5.11 Å². The molecule has 0 aliphatic carbocycles. The van der Waals surface area contributed by atoms with Crippen molar-refractivity contribution in [3.05, 3.63) is 11.5 Å². The molecule has 1 aromatic rings. The first-order valence-corrected chi connectivity index (χ1v) is 4.17. The van der Waals surface area contributed by atoms with Crippen LogP contribution >= 0.6 is 12.6 Å². The summed E-state index contributed by atoms with van der Waals surface area (Å²) < 4.78 is 5.32. The first-order chi connectivity index (χ1) is 5.20. The van der Waals surface area contributed by atoms with Crippen molar-refractivity contribution in [3.8, 4) is 5.75 Å². The number of hydrogen-bond donors (Lipinski definition) is 2. The maximum Gasteiger partial charge on any atom is 0.171 e. The predicted molar refractivity (Wildman–Crippen MR) is 46.4 cm³/mol. The van der Waals surface area contributed by atoms with Gasteiger partial charge in [-0.05, 0) is 0 Å². The second-order valence-electron chi connectivity index (χ2n) is 2.35. The first-order valence-electron chi connectivity index (χ1n) is 3.73. The fourth-order valence-electron chi connectivity index (χ4n) is 0.989. The van der Waals surface area contributed by atoms with Gasteiger partial charge in [0.25, 0.3) is 0 Å². The van der Waals surface area contributed by atoms with Crippen molar-refractivity contribution >= 4 is 12.6 Å². The van der Waals surface area contributed by atoms with Crippen LogP contribution in [0.15, 0.2) is 9.31 Å². The third-order valence-electron chi connectivity index (χ3n) is 1.64. The number of aromatic hydroxyl groups is 1. The van der Waals surface area contributed by atoms with Crippen molar-refractivity contribution < 1.29 is 9.52 Å². The first kappa shape index (κ1) is 8.53. The predicted octanol–water partition coefficient (Wildman–Crippen LogP) is 2.40. The molecule has 62 valence electrons. The summed E-state index contributed by atoms with van der Waals surface area (Å²) in [6, 6.07) is 0. The highest BCUT2D eigenvalue weighted by Gasteiger charge is 2.13. The van der Waals surface area contributed by atoms with Crippen LogP contribution in [0.4, 0.5) is 0 Å². The van der Waals surface area contributed by atoms with Crippen molar-refractivity contribution in [2.75, 3.05) is 0 Å². The highest BCUT2D eigenvalue weighted by atomic mass is 32.1. The zero-order valence-electron chi connectivity index (χ0n) is 6.72. The van der Waals surface area contributed by atoms with E-state index in [1.54, 1.807) is 0 Å². The fourth-order valence-corrected chi connectivity index (χ4v) is 1.32. The van der Waals surface area contributed by atoms with E-state index in [9.17, 15) is 5.11 Å². The van der Waals surface area contributed by atoms with Gasteiger partial charge in [-0.3, -0.25) is 0 Å². The van der Waals surface area contributed by atoms with Gasteiger partial charge in [0, 0.05) is 12.8 Å². The average molecular weight is 172 g/mol. The molecule has 2 nitrogen and oxygen atoms in total.